The van der Waals surface area contributed by atoms with Gasteiger partial charge in [0.15, 0.2) is 0 Å². The summed E-state index contributed by atoms with van der Waals surface area (Å²) in [5, 5.41) is 26.5. The van der Waals surface area contributed by atoms with E-state index < -0.39 is 7.12 Å². The van der Waals surface area contributed by atoms with Crippen LogP contribution in [0.15, 0.2) is 28.7 Å². The molecule has 1 heterocycles. The standard InChI is InChI=1S/C12H15BN2O3/c1-8(2)7-11-14-15-12(18-11)9-5-3-4-6-10(9)13(16)17/h3-6,8,16-17H,7H2,1-2H3. The van der Waals surface area contributed by atoms with Gasteiger partial charge in [0.05, 0.1) is 0 Å². The van der Waals surface area contributed by atoms with E-state index in [0.717, 1.165) is 0 Å². The second-order valence-corrected chi connectivity index (χ2v) is 4.56. The lowest BCUT2D eigenvalue weighted by Crippen LogP contribution is -2.31. The fraction of sp³-hybridized carbons (Fsp3) is 0.333. The zero-order valence-electron chi connectivity index (χ0n) is 10.4. The minimum Gasteiger partial charge on any atom is -0.423 e. The Morgan fingerprint density at radius 2 is 1.94 bits per heavy atom. The molecule has 2 aromatic rings. The molecular weight excluding hydrogens is 231 g/mol. The predicted molar refractivity (Wildman–Crippen MR) is 68.1 cm³/mol. The number of rotatable bonds is 4. The summed E-state index contributed by atoms with van der Waals surface area (Å²) in [7, 11) is -1.55. The van der Waals surface area contributed by atoms with Crippen LogP contribution in [-0.2, 0) is 6.42 Å². The van der Waals surface area contributed by atoms with Crippen molar-refractivity contribution >= 4 is 12.6 Å². The van der Waals surface area contributed by atoms with Crippen LogP contribution >= 0.6 is 0 Å². The molecule has 0 amide bonds. The third kappa shape index (κ3) is 2.77. The Balaban J connectivity index is 2.34. The van der Waals surface area contributed by atoms with Crippen LogP contribution in [0.5, 0.6) is 0 Å². The Morgan fingerprint density at radius 1 is 1.22 bits per heavy atom. The van der Waals surface area contributed by atoms with E-state index in [4.69, 9.17) is 4.42 Å². The molecule has 18 heavy (non-hydrogen) atoms. The van der Waals surface area contributed by atoms with E-state index in [2.05, 4.69) is 24.0 Å². The first-order chi connectivity index (χ1) is 8.58. The van der Waals surface area contributed by atoms with Gasteiger partial charge < -0.3 is 14.5 Å². The van der Waals surface area contributed by atoms with Crippen molar-refractivity contribution < 1.29 is 14.5 Å². The summed E-state index contributed by atoms with van der Waals surface area (Å²) in [4.78, 5) is 0. The molecular formula is C12H15BN2O3. The van der Waals surface area contributed by atoms with Gasteiger partial charge in [-0.1, -0.05) is 32.0 Å². The highest BCUT2D eigenvalue weighted by Gasteiger charge is 2.20. The summed E-state index contributed by atoms with van der Waals surface area (Å²) in [5.41, 5.74) is 0.909. The monoisotopic (exact) mass is 246 g/mol. The Hall–Kier alpha value is -1.66. The third-order valence-electron chi connectivity index (χ3n) is 2.52. The zero-order chi connectivity index (χ0) is 13.1. The number of hydrogen-bond donors (Lipinski definition) is 2. The van der Waals surface area contributed by atoms with Crippen LogP contribution in [-0.4, -0.2) is 27.4 Å². The van der Waals surface area contributed by atoms with Crippen molar-refractivity contribution in [2.45, 2.75) is 20.3 Å². The third-order valence-corrected chi connectivity index (χ3v) is 2.52. The molecule has 0 spiro atoms. The molecule has 0 unspecified atom stereocenters. The maximum Gasteiger partial charge on any atom is 0.489 e. The maximum absolute atomic E-state index is 9.28. The smallest absolute Gasteiger partial charge is 0.423 e. The fourth-order valence-electron chi connectivity index (χ4n) is 1.71. The molecule has 0 radical (unpaired) electrons. The van der Waals surface area contributed by atoms with Crippen LogP contribution in [0.2, 0.25) is 0 Å². The molecule has 0 aliphatic heterocycles. The summed E-state index contributed by atoms with van der Waals surface area (Å²) >= 11 is 0. The Morgan fingerprint density at radius 3 is 2.61 bits per heavy atom. The summed E-state index contributed by atoms with van der Waals surface area (Å²) < 4.78 is 5.53. The van der Waals surface area contributed by atoms with Crippen molar-refractivity contribution in [3.63, 3.8) is 0 Å². The van der Waals surface area contributed by atoms with Crippen LogP contribution in [0.25, 0.3) is 11.5 Å². The number of benzene rings is 1. The van der Waals surface area contributed by atoms with Crippen LogP contribution < -0.4 is 5.46 Å². The number of nitrogens with zero attached hydrogens (tertiary/aromatic N) is 2. The molecule has 0 aliphatic carbocycles. The van der Waals surface area contributed by atoms with Gasteiger partial charge in [-0.2, -0.15) is 0 Å². The molecule has 0 fully saturated rings. The predicted octanol–water partition coefficient (Wildman–Crippen LogP) is 0.615. The van der Waals surface area contributed by atoms with Gasteiger partial charge in [-0.05, 0) is 17.4 Å². The molecule has 0 atom stereocenters. The van der Waals surface area contributed by atoms with Crippen LogP contribution in [0.4, 0.5) is 0 Å². The van der Waals surface area contributed by atoms with Crippen molar-refractivity contribution in [1.82, 2.24) is 10.2 Å². The second-order valence-electron chi connectivity index (χ2n) is 4.56. The SMILES string of the molecule is CC(C)Cc1nnc(-c2ccccc2B(O)O)o1. The van der Waals surface area contributed by atoms with E-state index in [1.54, 1.807) is 24.3 Å². The molecule has 2 rings (SSSR count). The van der Waals surface area contributed by atoms with Crippen molar-refractivity contribution in [3.8, 4) is 11.5 Å². The molecule has 6 heteroatoms. The summed E-state index contributed by atoms with van der Waals surface area (Å²) in [5.74, 6) is 1.30. The highest BCUT2D eigenvalue weighted by molar-refractivity contribution is 6.60. The van der Waals surface area contributed by atoms with E-state index in [1.807, 2.05) is 0 Å². The van der Waals surface area contributed by atoms with E-state index in [1.165, 1.54) is 0 Å². The van der Waals surface area contributed by atoms with Crippen molar-refractivity contribution in [2.24, 2.45) is 5.92 Å². The second kappa shape index (κ2) is 5.33. The minimum atomic E-state index is -1.55. The number of hydrogen-bond acceptors (Lipinski definition) is 5. The van der Waals surface area contributed by atoms with Crippen LogP contribution in [0.3, 0.4) is 0 Å². The van der Waals surface area contributed by atoms with E-state index in [-0.39, 0.29) is 0 Å². The summed E-state index contributed by atoms with van der Waals surface area (Å²) in [6.07, 6.45) is 0.705. The molecule has 2 N–H and O–H groups in total. The first-order valence-electron chi connectivity index (χ1n) is 5.85. The van der Waals surface area contributed by atoms with Gasteiger partial charge in [-0.3, -0.25) is 0 Å². The topological polar surface area (TPSA) is 79.4 Å². The largest absolute Gasteiger partial charge is 0.489 e. The van der Waals surface area contributed by atoms with Gasteiger partial charge in [-0.25, -0.2) is 0 Å². The average Bonchev–Trinajstić information content (AvgIpc) is 2.76. The highest BCUT2D eigenvalue weighted by Crippen LogP contribution is 2.17. The lowest BCUT2D eigenvalue weighted by Gasteiger charge is -2.04. The van der Waals surface area contributed by atoms with Gasteiger partial charge in [0, 0.05) is 12.0 Å². The molecule has 94 valence electrons. The highest BCUT2D eigenvalue weighted by atomic mass is 16.4. The first-order valence-corrected chi connectivity index (χ1v) is 5.85. The summed E-state index contributed by atoms with van der Waals surface area (Å²) in [6, 6.07) is 6.85. The molecule has 5 nitrogen and oxygen atoms in total. The summed E-state index contributed by atoms with van der Waals surface area (Å²) in [6.45, 7) is 4.13. The molecule has 0 aliphatic rings. The first kappa shape index (κ1) is 12.8. The lowest BCUT2D eigenvalue weighted by molar-refractivity contribution is 0.425. The fourth-order valence-corrected chi connectivity index (χ4v) is 1.71. The van der Waals surface area contributed by atoms with Crippen molar-refractivity contribution in [3.05, 3.63) is 30.2 Å². The molecule has 0 bridgehead atoms. The molecule has 0 saturated heterocycles. The van der Waals surface area contributed by atoms with Gasteiger partial charge >= 0.3 is 7.12 Å². The van der Waals surface area contributed by atoms with Crippen molar-refractivity contribution in [1.29, 1.82) is 0 Å². The zero-order valence-corrected chi connectivity index (χ0v) is 10.4. The molecule has 1 aromatic carbocycles. The molecule has 1 aromatic heterocycles. The van der Waals surface area contributed by atoms with Crippen LogP contribution in [0.1, 0.15) is 19.7 Å². The Labute approximate surface area is 106 Å². The molecule has 0 saturated carbocycles. The van der Waals surface area contributed by atoms with E-state index in [9.17, 15) is 10.0 Å². The number of aromatic nitrogens is 2. The van der Waals surface area contributed by atoms with Crippen molar-refractivity contribution in [2.75, 3.05) is 0 Å². The quantitative estimate of drug-likeness (QED) is 0.773. The van der Waals surface area contributed by atoms with Crippen LogP contribution in [0, 0.1) is 5.92 Å². The van der Waals surface area contributed by atoms with Gasteiger partial charge in [0.2, 0.25) is 11.8 Å². The van der Waals surface area contributed by atoms with Gasteiger partial charge in [0.25, 0.3) is 0 Å². The lowest BCUT2D eigenvalue weighted by atomic mass is 9.77. The normalized spacial score (nSPS) is 10.9. The van der Waals surface area contributed by atoms with E-state index in [0.29, 0.717) is 35.1 Å². The maximum atomic E-state index is 9.28. The minimum absolute atomic E-state index is 0.314. The van der Waals surface area contributed by atoms with Gasteiger partial charge in [0.1, 0.15) is 0 Å². The van der Waals surface area contributed by atoms with E-state index >= 15 is 0 Å². The average molecular weight is 246 g/mol. The van der Waals surface area contributed by atoms with Gasteiger partial charge in [-0.15, -0.1) is 10.2 Å². The Bertz CT molecular complexity index is 526. The Kier molecular flexibility index (Phi) is 3.79.